The summed E-state index contributed by atoms with van der Waals surface area (Å²) in [6.45, 7) is 6.67. The Morgan fingerprint density at radius 1 is 1.00 bits per heavy atom. The minimum absolute atomic E-state index is 0.152. The molecule has 0 aliphatic rings. The second kappa shape index (κ2) is 12.5. The molecule has 0 saturated carbocycles. The number of aliphatic hydroxyl groups is 1. The van der Waals surface area contributed by atoms with Crippen LogP contribution in [0.15, 0.2) is 73.1 Å². The van der Waals surface area contributed by atoms with Crippen molar-refractivity contribution < 1.29 is 19.4 Å². The lowest BCUT2D eigenvalue weighted by atomic mass is 9.99. The number of carbonyl (C=O) groups excluding carboxylic acids is 1. The first-order chi connectivity index (χ1) is 18.4. The standard InChI is InChI=1S/C30H34N4O4/c1-4-37-30(36)29-27(28(24-13-15-32-16-14-24)33-34(29)17-25(31)18-35)23-9-11-26(12-10-23)38-19-21-5-7-22(8-6-21)20(2)3/h5-16,20,25,35H,4,17-19,31H2,1-3H3. The van der Waals surface area contributed by atoms with Crippen LogP contribution in [0.25, 0.3) is 22.4 Å². The Balaban J connectivity index is 1.68. The van der Waals surface area contributed by atoms with Crippen molar-refractivity contribution in [1.29, 1.82) is 0 Å². The van der Waals surface area contributed by atoms with Gasteiger partial charge in [-0.3, -0.25) is 9.67 Å². The zero-order valence-electron chi connectivity index (χ0n) is 22.0. The van der Waals surface area contributed by atoms with Crippen LogP contribution in [0.1, 0.15) is 48.3 Å². The van der Waals surface area contributed by atoms with Crippen LogP contribution in [0.5, 0.6) is 5.75 Å². The third-order valence-corrected chi connectivity index (χ3v) is 6.21. The minimum atomic E-state index is -0.591. The molecular weight excluding hydrogens is 480 g/mol. The number of rotatable bonds is 11. The zero-order valence-corrected chi connectivity index (χ0v) is 22.0. The molecule has 2 heterocycles. The number of hydrogen-bond acceptors (Lipinski definition) is 7. The SMILES string of the molecule is CCOC(=O)c1c(-c2ccc(OCc3ccc(C(C)C)cc3)cc2)c(-c2ccncc2)nn1CC(N)CO. The van der Waals surface area contributed by atoms with Crippen LogP contribution in [0.4, 0.5) is 0 Å². The molecule has 0 amide bonds. The van der Waals surface area contributed by atoms with Crippen LogP contribution in [0.2, 0.25) is 0 Å². The molecule has 0 saturated heterocycles. The number of pyridine rings is 1. The van der Waals surface area contributed by atoms with E-state index in [-0.39, 0.29) is 25.5 Å². The first-order valence-corrected chi connectivity index (χ1v) is 12.8. The van der Waals surface area contributed by atoms with E-state index in [0.717, 1.165) is 16.7 Å². The molecule has 4 rings (SSSR count). The van der Waals surface area contributed by atoms with Crippen molar-refractivity contribution in [2.75, 3.05) is 13.2 Å². The van der Waals surface area contributed by atoms with Gasteiger partial charge >= 0.3 is 5.97 Å². The average molecular weight is 515 g/mol. The predicted molar refractivity (Wildman–Crippen MR) is 147 cm³/mol. The number of nitrogens with zero attached hydrogens (tertiary/aromatic N) is 3. The lowest BCUT2D eigenvalue weighted by molar-refractivity contribution is 0.0511. The van der Waals surface area contributed by atoms with E-state index in [4.69, 9.17) is 20.3 Å². The maximum absolute atomic E-state index is 13.1. The van der Waals surface area contributed by atoms with Gasteiger partial charge in [-0.2, -0.15) is 5.10 Å². The molecule has 0 aliphatic heterocycles. The Morgan fingerprint density at radius 2 is 1.68 bits per heavy atom. The monoisotopic (exact) mass is 514 g/mol. The molecule has 0 spiro atoms. The van der Waals surface area contributed by atoms with E-state index in [2.05, 4.69) is 43.1 Å². The van der Waals surface area contributed by atoms with Crippen molar-refractivity contribution in [3.63, 3.8) is 0 Å². The van der Waals surface area contributed by atoms with Crippen molar-refractivity contribution in [2.45, 2.75) is 45.9 Å². The number of ether oxygens (including phenoxy) is 2. The fourth-order valence-corrected chi connectivity index (χ4v) is 4.15. The topological polar surface area (TPSA) is 112 Å². The van der Waals surface area contributed by atoms with Crippen molar-refractivity contribution >= 4 is 5.97 Å². The van der Waals surface area contributed by atoms with Crippen molar-refractivity contribution in [3.8, 4) is 28.1 Å². The second-order valence-electron chi connectivity index (χ2n) is 9.36. The summed E-state index contributed by atoms with van der Waals surface area (Å²) < 4.78 is 12.9. The molecule has 2 aromatic heterocycles. The Kier molecular flexibility index (Phi) is 8.89. The van der Waals surface area contributed by atoms with Crippen LogP contribution < -0.4 is 10.5 Å². The normalized spacial score (nSPS) is 11.9. The summed E-state index contributed by atoms with van der Waals surface area (Å²) in [4.78, 5) is 17.2. The quantitative estimate of drug-likeness (QED) is 0.276. The molecule has 0 aliphatic carbocycles. The summed E-state index contributed by atoms with van der Waals surface area (Å²) in [6.07, 6.45) is 3.35. The van der Waals surface area contributed by atoms with Gasteiger partial charge in [-0.25, -0.2) is 4.79 Å². The number of hydrogen-bond donors (Lipinski definition) is 2. The molecule has 3 N–H and O–H groups in total. The summed E-state index contributed by atoms with van der Waals surface area (Å²) >= 11 is 0. The van der Waals surface area contributed by atoms with Crippen molar-refractivity contribution in [1.82, 2.24) is 14.8 Å². The van der Waals surface area contributed by atoms with Crippen LogP contribution >= 0.6 is 0 Å². The first-order valence-electron chi connectivity index (χ1n) is 12.8. The average Bonchev–Trinajstić information content (AvgIpc) is 3.32. The van der Waals surface area contributed by atoms with Gasteiger partial charge in [-0.05, 0) is 53.8 Å². The Labute approximate surface area is 223 Å². The van der Waals surface area contributed by atoms with Gasteiger partial charge < -0.3 is 20.3 Å². The molecule has 0 bridgehead atoms. The van der Waals surface area contributed by atoms with Crippen LogP contribution in [0, 0.1) is 0 Å². The molecule has 8 nitrogen and oxygen atoms in total. The van der Waals surface area contributed by atoms with Crippen LogP contribution in [-0.4, -0.2) is 45.1 Å². The Hall–Kier alpha value is -4.01. The first kappa shape index (κ1) is 27.0. The Bertz CT molecular complexity index is 1330. The molecule has 1 unspecified atom stereocenters. The van der Waals surface area contributed by atoms with E-state index in [1.54, 1.807) is 19.3 Å². The van der Waals surface area contributed by atoms with E-state index < -0.39 is 12.0 Å². The highest BCUT2D eigenvalue weighted by atomic mass is 16.5. The van der Waals surface area contributed by atoms with Gasteiger partial charge in [0.15, 0.2) is 5.69 Å². The smallest absolute Gasteiger partial charge is 0.357 e. The summed E-state index contributed by atoms with van der Waals surface area (Å²) in [5.74, 6) is 0.683. The fourth-order valence-electron chi connectivity index (χ4n) is 4.15. The van der Waals surface area contributed by atoms with Crippen molar-refractivity contribution in [3.05, 3.63) is 89.9 Å². The molecular formula is C30H34N4O4. The van der Waals surface area contributed by atoms with Crippen LogP contribution in [-0.2, 0) is 17.9 Å². The third kappa shape index (κ3) is 6.27. The van der Waals surface area contributed by atoms with Gasteiger partial charge in [0.05, 0.1) is 19.8 Å². The second-order valence-corrected chi connectivity index (χ2v) is 9.36. The summed E-state index contributed by atoms with van der Waals surface area (Å²) in [5, 5.41) is 14.3. The maximum atomic E-state index is 13.1. The van der Waals surface area contributed by atoms with Crippen LogP contribution in [0.3, 0.4) is 0 Å². The lowest BCUT2D eigenvalue weighted by Gasteiger charge is -2.13. The molecule has 1 atom stereocenters. The van der Waals surface area contributed by atoms with E-state index in [1.807, 2.05) is 36.4 Å². The van der Waals surface area contributed by atoms with Gasteiger partial charge in [0.1, 0.15) is 18.1 Å². The number of benzene rings is 2. The largest absolute Gasteiger partial charge is 0.489 e. The highest BCUT2D eigenvalue weighted by molar-refractivity contribution is 6.00. The molecule has 2 aromatic carbocycles. The molecule has 4 aromatic rings. The molecule has 8 heteroatoms. The van der Waals surface area contributed by atoms with Crippen molar-refractivity contribution in [2.24, 2.45) is 5.73 Å². The summed E-state index contributed by atoms with van der Waals surface area (Å²) in [7, 11) is 0. The summed E-state index contributed by atoms with van der Waals surface area (Å²) in [5.41, 5.74) is 11.5. The molecule has 0 radical (unpaired) electrons. The van der Waals surface area contributed by atoms with Gasteiger partial charge in [-0.15, -0.1) is 0 Å². The van der Waals surface area contributed by atoms with E-state index >= 15 is 0 Å². The van der Waals surface area contributed by atoms with E-state index in [9.17, 15) is 9.90 Å². The molecule has 0 fully saturated rings. The minimum Gasteiger partial charge on any atom is -0.489 e. The van der Waals surface area contributed by atoms with Gasteiger partial charge in [0.2, 0.25) is 0 Å². The summed E-state index contributed by atoms with van der Waals surface area (Å²) in [6, 6.07) is 19.1. The van der Waals surface area contributed by atoms with E-state index in [0.29, 0.717) is 29.5 Å². The van der Waals surface area contributed by atoms with E-state index in [1.165, 1.54) is 10.2 Å². The van der Waals surface area contributed by atoms with Gasteiger partial charge in [-0.1, -0.05) is 50.2 Å². The fraction of sp³-hybridized carbons (Fsp3) is 0.300. The third-order valence-electron chi connectivity index (χ3n) is 6.21. The number of nitrogens with two attached hydrogens (primary N) is 1. The number of carbonyl (C=O) groups is 1. The van der Waals surface area contributed by atoms with Gasteiger partial charge in [0, 0.05) is 29.6 Å². The Morgan fingerprint density at radius 3 is 2.29 bits per heavy atom. The molecule has 38 heavy (non-hydrogen) atoms. The number of aliphatic hydroxyl groups excluding tert-OH is 1. The zero-order chi connectivity index (χ0) is 27.1. The highest BCUT2D eigenvalue weighted by Crippen LogP contribution is 2.36. The predicted octanol–water partition coefficient (Wildman–Crippen LogP) is 4.81. The highest BCUT2D eigenvalue weighted by Gasteiger charge is 2.27. The number of aromatic nitrogens is 3. The lowest BCUT2D eigenvalue weighted by Crippen LogP contribution is -2.31. The number of esters is 1. The van der Waals surface area contributed by atoms with Gasteiger partial charge in [0.25, 0.3) is 0 Å². The molecule has 198 valence electrons. The maximum Gasteiger partial charge on any atom is 0.357 e.